The van der Waals surface area contributed by atoms with Crippen molar-refractivity contribution in [3.8, 4) is 11.5 Å². The molecule has 1 fully saturated rings. The molecule has 2 rings (SSSR count). The third kappa shape index (κ3) is 4.74. The minimum absolute atomic E-state index is 0.569. The standard InChI is InChI=1S/C15H23ClN2O3/c1-19-14-11-12(2-3-17)10-13(16)15(14)21-9-6-18-4-7-20-8-5-18/h10-11H,2-9,17H2,1H3. The molecule has 1 aromatic carbocycles. The van der Waals surface area contributed by atoms with E-state index in [9.17, 15) is 0 Å². The highest BCUT2D eigenvalue weighted by Gasteiger charge is 2.14. The van der Waals surface area contributed by atoms with Crippen LogP contribution in [0.25, 0.3) is 0 Å². The molecule has 0 amide bonds. The first-order valence-electron chi connectivity index (χ1n) is 7.24. The second kappa shape index (κ2) is 8.44. The predicted octanol–water partition coefficient (Wildman–Crippen LogP) is 1.56. The van der Waals surface area contributed by atoms with Gasteiger partial charge in [-0.15, -0.1) is 0 Å². The smallest absolute Gasteiger partial charge is 0.179 e. The number of nitrogens with zero attached hydrogens (tertiary/aromatic N) is 1. The maximum absolute atomic E-state index is 6.29. The van der Waals surface area contributed by atoms with Gasteiger partial charge < -0.3 is 19.9 Å². The minimum Gasteiger partial charge on any atom is -0.493 e. The number of hydrogen-bond acceptors (Lipinski definition) is 5. The van der Waals surface area contributed by atoms with E-state index >= 15 is 0 Å². The summed E-state index contributed by atoms with van der Waals surface area (Å²) in [5, 5.41) is 0.569. The average molecular weight is 315 g/mol. The van der Waals surface area contributed by atoms with Crippen molar-refractivity contribution >= 4 is 11.6 Å². The molecular weight excluding hydrogens is 292 g/mol. The van der Waals surface area contributed by atoms with Crippen LogP contribution in [0.2, 0.25) is 5.02 Å². The Morgan fingerprint density at radius 1 is 1.33 bits per heavy atom. The van der Waals surface area contributed by atoms with E-state index in [1.54, 1.807) is 7.11 Å². The number of halogens is 1. The second-order valence-corrected chi connectivity index (χ2v) is 5.36. The van der Waals surface area contributed by atoms with Crippen LogP contribution >= 0.6 is 11.6 Å². The quantitative estimate of drug-likeness (QED) is 0.828. The number of rotatable bonds is 7. The Bertz CT molecular complexity index is 451. The summed E-state index contributed by atoms with van der Waals surface area (Å²) in [6.45, 7) is 5.49. The third-order valence-electron chi connectivity index (χ3n) is 3.48. The lowest BCUT2D eigenvalue weighted by molar-refractivity contribution is 0.0321. The van der Waals surface area contributed by atoms with Crippen LogP contribution in [0.4, 0.5) is 0 Å². The topological polar surface area (TPSA) is 57.0 Å². The molecule has 0 saturated carbocycles. The molecule has 1 saturated heterocycles. The summed E-state index contributed by atoms with van der Waals surface area (Å²) in [5.74, 6) is 1.26. The van der Waals surface area contributed by atoms with Gasteiger partial charge in [0.15, 0.2) is 11.5 Å². The van der Waals surface area contributed by atoms with Gasteiger partial charge in [0, 0.05) is 19.6 Å². The van der Waals surface area contributed by atoms with E-state index < -0.39 is 0 Å². The van der Waals surface area contributed by atoms with Gasteiger partial charge in [-0.05, 0) is 30.7 Å². The zero-order valence-corrected chi connectivity index (χ0v) is 13.2. The number of methoxy groups -OCH3 is 1. The largest absolute Gasteiger partial charge is 0.493 e. The van der Waals surface area contributed by atoms with Crippen LogP contribution in [0.5, 0.6) is 11.5 Å². The molecule has 0 aromatic heterocycles. The fraction of sp³-hybridized carbons (Fsp3) is 0.600. The molecule has 21 heavy (non-hydrogen) atoms. The van der Waals surface area contributed by atoms with Gasteiger partial charge in [0.2, 0.25) is 0 Å². The van der Waals surface area contributed by atoms with E-state index in [1.807, 2.05) is 12.1 Å². The monoisotopic (exact) mass is 314 g/mol. The number of ether oxygens (including phenoxy) is 3. The Morgan fingerprint density at radius 3 is 2.76 bits per heavy atom. The highest BCUT2D eigenvalue weighted by atomic mass is 35.5. The van der Waals surface area contributed by atoms with Crippen LogP contribution in [0.1, 0.15) is 5.56 Å². The van der Waals surface area contributed by atoms with Gasteiger partial charge in [0.05, 0.1) is 25.3 Å². The lowest BCUT2D eigenvalue weighted by Gasteiger charge is -2.26. The zero-order valence-electron chi connectivity index (χ0n) is 12.4. The normalized spacial score (nSPS) is 16.0. The van der Waals surface area contributed by atoms with Crippen LogP contribution in [0.15, 0.2) is 12.1 Å². The molecule has 0 bridgehead atoms. The summed E-state index contributed by atoms with van der Waals surface area (Å²) in [5.41, 5.74) is 6.63. The molecule has 0 radical (unpaired) electrons. The predicted molar refractivity (Wildman–Crippen MR) is 83.5 cm³/mol. The summed E-state index contributed by atoms with van der Waals surface area (Å²) in [7, 11) is 1.62. The van der Waals surface area contributed by atoms with Crippen molar-refractivity contribution in [2.75, 3.05) is 53.1 Å². The highest BCUT2D eigenvalue weighted by molar-refractivity contribution is 6.32. The van der Waals surface area contributed by atoms with Crippen molar-refractivity contribution in [2.45, 2.75) is 6.42 Å². The van der Waals surface area contributed by atoms with Crippen molar-refractivity contribution < 1.29 is 14.2 Å². The van der Waals surface area contributed by atoms with E-state index in [4.69, 9.17) is 31.5 Å². The molecule has 5 nitrogen and oxygen atoms in total. The SMILES string of the molecule is COc1cc(CCN)cc(Cl)c1OCCN1CCOCC1. The first kappa shape index (κ1) is 16.4. The molecular formula is C15H23ClN2O3. The Morgan fingerprint density at radius 2 is 2.10 bits per heavy atom. The molecule has 6 heteroatoms. The molecule has 1 aromatic rings. The summed E-state index contributed by atoms with van der Waals surface area (Å²) < 4.78 is 16.5. The number of nitrogens with two attached hydrogens (primary N) is 1. The summed E-state index contributed by atoms with van der Waals surface area (Å²) in [6.07, 6.45) is 0.768. The average Bonchev–Trinajstić information content (AvgIpc) is 2.50. The van der Waals surface area contributed by atoms with E-state index in [0.29, 0.717) is 29.7 Å². The van der Waals surface area contributed by atoms with Crippen molar-refractivity contribution in [2.24, 2.45) is 5.73 Å². The first-order chi connectivity index (χ1) is 10.2. The van der Waals surface area contributed by atoms with Gasteiger partial charge in [-0.1, -0.05) is 11.6 Å². The second-order valence-electron chi connectivity index (χ2n) is 4.95. The van der Waals surface area contributed by atoms with E-state index in [1.165, 1.54) is 0 Å². The van der Waals surface area contributed by atoms with Gasteiger partial charge in [-0.3, -0.25) is 4.90 Å². The van der Waals surface area contributed by atoms with Crippen molar-refractivity contribution in [3.63, 3.8) is 0 Å². The highest BCUT2D eigenvalue weighted by Crippen LogP contribution is 2.36. The molecule has 0 spiro atoms. The Kier molecular flexibility index (Phi) is 6.57. The van der Waals surface area contributed by atoms with Crippen molar-refractivity contribution in [3.05, 3.63) is 22.7 Å². The maximum Gasteiger partial charge on any atom is 0.179 e. The van der Waals surface area contributed by atoms with E-state index in [-0.39, 0.29) is 0 Å². The number of morpholine rings is 1. The zero-order chi connectivity index (χ0) is 15.1. The molecule has 0 aliphatic carbocycles. The van der Waals surface area contributed by atoms with Gasteiger partial charge in [0.1, 0.15) is 6.61 Å². The van der Waals surface area contributed by atoms with Crippen molar-refractivity contribution in [1.29, 1.82) is 0 Å². The van der Waals surface area contributed by atoms with Crippen LogP contribution in [-0.4, -0.2) is 58.0 Å². The van der Waals surface area contributed by atoms with Gasteiger partial charge in [-0.2, -0.15) is 0 Å². The van der Waals surface area contributed by atoms with Crippen LogP contribution in [0, 0.1) is 0 Å². The molecule has 118 valence electrons. The molecule has 1 aliphatic heterocycles. The van der Waals surface area contributed by atoms with E-state index in [2.05, 4.69) is 4.90 Å². The fourth-order valence-corrected chi connectivity index (χ4v) is 2.61. The lowest BCUT2D eigenvalue weighted by atomic mass is 10.1. The van der Waals surface area contributed by atoms with Crippen LogP contribution in [-0.2, 0) is 11.2 Å². The molecule has 1 heterocycles. The third-order valence-corrected chi connectivity index (χ3v) is 3.76. The lowest BCUT2D eigenvalue weighted by Crippen LogP contribution is -2.38. The van der Waals surface area contributed by atoms with Crippen LogP contribution < -0.4 is 15.2 Å². The van der Waals surface area contributed by atoms with Gasteiger partial charge in [-0.25, -0.2) is 0 Å². The molecule has 2 N–H and O–H groups in total. The minimum atomic E-state index is 0.569. The number of benzene rings is 1. The fourth-order valence-electron chi connectivity index (χ4n) is 2.33. The van der Waals surface area contributed by atoms with E-state index in [0.717, 1.165) is 44.8 Å². The summed E-state index contributed by atoms with van der Waals surface area (Å²) in [4.78, 5) is 2.31. The van der Waals surface area contributed by atoms with Crippen molar-refractivity contribution in [1.82, 2.24) is 4.90 Å². The first-order valence-corrected chi connectivity index (χ1v) is 7.61. The number of hydrogen-bond donors (Lipinski definition) is 1. The molecule has 1 aliphatic rings. The molecule has 0 unspecified atom stereocenters. The Hall–Kier alpha value is -1.01. The Labute approximate surface area is 130 Å². The summed E-state index contributed by atoms with van der Waals surface area (Å²) >= 11 is 6.29. The van der Waals surface area contributed by atoms with Gasteiger partial charge in [0.25, 0.3) is 0 Å². The van der Waals surface area contributed by atoms with Gasteiger partial charge >= 0.3 is 0 Å². The summed E-state index contributed by atoms with van der Waals surface area (Å²) in [6, 6.07) is 3.82. The maximum atomic E-state index is 6.29. The Balaban J connectivity index is 1.94. The van der Waals surface area contributed by atoms with Crippen LogP contribution in [0.3, 0.4) is 0 Å². The molecule has 0 atom stereocenters.